The van der Waals surface area contributed by atoms with Gasteiger partial charge in [0.1, 0.15) is 0 Å². The predicted octanol–water partition coefficient (Wildman–Crippen LogP) is 4.52. The average molecular weight is 397 g/mol. The summed E-state index contributed by atoms with van der Waals surface area (Å²) in [6.45, 7) is 2.13. The van der Waals surface area contributed by atoms with E-state index in [0.717, 1.165) is 19.3 Å². The van der Waals surface area contributed by atoms with Gasteiger partial charge in [-0.1, -0.05) is 18.5 Å². The van der Waals surface area contributed by atoms with Crippen LogP contribution >= 0.6 is 11.6 Å². The normalized spacial score (nSPS) is 24.2. The lowest BCUT2D eigenvalue weighted by Gasteiger charge is -2.25. The minimum Gasteiger partial charge on any atom is -0.322 e. The number of carbonyl (C=O) groups excluding carboxylic acids is 3. The zero-order valence-corrected chi connectivity index (χ0v) is 16.3. The van der Waals surface area contributed by atoms with Gasteiger partial charge in [-0.2, -0.15) is 0 Å². The van der Waals surface area contributed by atoms with E-state index in [-0.39, 0.29) is 29.6 Å². The quantitative estimate of drug-likeness (QED) is 0.776. The van der Waals surface area contributed by atoms with Gasteiger partial charge >= 0.3 is 0 Å². The smallest absolute Gasteiger partial charge is 0.255 e. The van der Waals surface area contributed by atoms with Crippen LogP contribution in [0.25, 0.3) is 0 Å². The number of benzene rings is 2. The molecule has 2 fully saturated rings. The highest BCUT2D eigenvalue weighted by molar-refractivity contribution is 6.30. The first-order valence-electron chi connectivity index (χ1n) is 9.49. The third kappa shape index (κ3) is 3.42. The summed E-state index contributed by atoms with van der Waals surface area (Å²) in [5.74, 6) is -0.423. The van der Waals surface area contributed by atoms with E-state index in [0.29, 0.717) is 27.9 Å². The number of hydrogen-bond acceptors (Lipinski definition) is 3. The van der Waals surface area contributed by atoms with Gasteiger partial charge in [-0.3, -0.25) is 19.3 Å². The molecule has 1 aliphatic heterocycles. The maximum absolute atomic E-state index is 12.8. The van der Waals surface area contributed by atoms with Crippen LogP contribution in [0.3, 0.4) is 0 Å². The van der Waals surface area contributed by atoms with Crippen molar-refractivity contribution in [2.24, 2.45) is 17.8 Å². The molecule has 0 aromatic heterocycles. The molecule has 3 atom stereocenters. The lowest BCUT2D eigenvalue weighted by Crippen LogP contribution is -2.30. The molecule has 4 rings (SSSR count). The summed E-state index contributed by atoms with van der Waals surface area (Å²) in [5.41, 5.74) is 1.62. The molecule has 2 aromatic rings. The van der Waals surface area contributed by atoms with Crippen LogP contribution in [0.4, 0.5) is 11.4 Å². The Hall–Kier alpha value is -2.66. The molecule has 1 heterocycles. The van der Waals surface area contributed by atoms with Crippen molar-refractivity contribution in [3.05, 3.63) is 59.1 Å². The molecule has 144 valence electrons. The lowest BCUT2D eigenvalue weighted by atomic mass is 9.76. The number of imide groups is 1. The Kier molecular flexibility index (Phi) is 4.94. The van der Waals surface area contributed by atoms with E-state index in [1.807, 2.05) is 0 Å². The molecule has 2 aliphatic rings. The molecule has 1 aliphatic carbocycles. The second-order valence-electron chi connectivity index (χ2n) is 7.65. The first-order chi connectivity index (χ1) is 13.4. The van der Waals surface area contributed by atoms with Crippen LogP contribution in [0.5, 0.6) is 0 Å². The van der Waals surface area contributed by atoms with Crippen LogP contribution < -0.4 is 10.2 Å². The topological polar surface area (TPSA) is 66.5 Å². The summed E-state index contributed by atoms with van der Waals surface area (Å²) in [4.78, 5) is 39.3. The molecule has 0 bridgehead atoms. The van der Waals surface area contributed by atoms with Crippen molar-refractivity contribution in [2.45, 2.75) is 26.2 Å². The van der Waals surface area contributed by atoms with Gasteiger partial charge in [0.05, 0.1) is 17.5 Å². The fourth-order valence-electron chi connectivity index (χ4n) is 4.14. The van der Waals surface area contributed by atoms with Crippen molar-refractivity contribution in [3.63, 3.8) is 0 Å². The summed E-state index contributed by atoms with van der Waals surface area (Å²) in [6, 6.07) is 13.4. The molecule has 1 N–H and O–H groups in total. The maximum Gasteiger partial charge on any atom is 0.255 e. The molecule has 0 spiro atoms. The number of anilines is 2. The number of halogens is 1. The predicted molar refractivity (Wildman–Crippen MR) is 108 cm³/mol. The van der Waals surface area contributed by atoms with E-state index in [1.54, 1.807) is 48.5 Å². The molecule has 1 saturated heterocycles. The number of carbonyl (C=O) groups is 3. The first-order valence-corrected chi connectivity index (χ1v) is 9.86. The number of nitrogens with zero attached hydrogens (tertiary/aromatic N) is 1. The molecular weight excluding hydrogens is 376 g/mol. The van der Waals surface area contributed by atoms with E-state index in [4.69, 9.17) is 11.6 Å². The molecule has 1 saturated carbocycles. The van der Waals surface area contributed by atoms with Crippen molar-refractivity contribution in [2.75, 3.05) is 10.2 Å². The molecule has 0 radical (unpaired) electrons. The minimum absolute atomic E-state index is 0.111. The second kappa shape index (κ2) is 7.40. The summed E-state index contributed by atoms with van der Waals surface area (Å²) in [5, 5.41) is 3.39. The van der Waals surface area contributed by atoms with Gasteiger partial charge < -0.3 is 5.32 Å². The number of fused-ring (bicyclic) bond motifs is 1. The van der Waals surface area contributed by atoms with Crippen molar-refractivity contribution in [1.29, 1.82) is 0 Å². The van der Waals surface area contributed by atoms with Crippen molar-refractivity contribution < 1.29 is 14.4 Å². The van der Waals surface area contributed by atoms with Crippen molar-refractivity contribution >= 4 is 40.7 Å². The average Bonchev–Trinajstić information content (AvgIpc) is 2.93. The lowest BCUT2D eigenvalue weighted by molar-refractivity contribution is -0.122. The highest BCUT2D eigenvalue weighted by Gasteiger charge is 2.49. The van der Waals surface area contributed by atoms with Crippen LogP contribution in [0, 0.1) is 17.8 Å². The Bertz CT molecular complexity index is 924. The minimum atomic E-state index is -0.268. The van der Waals surface area contributed by atoms with E-state index in [9.17, 15) is 14.4 Å². The van der Waals surface area contributed by atoms with Gasteiger partial charge in [-0.15, -0.1) is 0 Å². The van der Waals surface area contributed by atoms with Gasteiger partial charge in [0, 0.05) is 16.3 Å². The van der Waals surface area contributed by atoms with Gasteiger partial charge in [0.2, 0.25) is 11.8 Å². The Labute approximate surface area is 168 Å². The maximum atomic E-state index is 12.8. The van der Waals surface area contributed by atoms with Gasteiger partial charge in [0.15, 0.2) is 0 Å². The fraction of sp³-hybridized carbons (Fsp3) is 0.318. The summed E-state index contributed by atoms with van der Waals surface area (Å²) in [6.07, 6.45) is 2.53. The van der Waals surface area contributed by atoms with Crippen LogP contribution in [0.2, 0.25) is 5.02 Å². The van der Waals surface area contributed by atoms with Crippen molar-refractivity contribution in [3.8, 4) is 0 Å². The van der Waals surface area contributed by atoms with E-state index >= 15 is 0 Å². The first kappa shape index (κ1) is 18.7. The second-order valence-corrected chi connectivity index (χ2v) is 8.09. The van der Waals surface area contributed by atoms with Gasteiger partial charge in [-0.05, 0) is 73.7 Å². The zero-order valence-electron chi connectivity index (χ0n) is 15.5. The molecule has 0 unspecified atom stereocenters. The Balaban J connectivity index is 1.50. The summed E-state index contributed by atoms with van der Waals surface area (Å²) >= 11 is 5.85. The Morgan fingerprint density at radius 2 is 1.61 bits per heavy atom. The molecule has 6 heteroatoms. The Morgan fingerprint density at radius 3 is 2.29 bits per heavy atom. The van der Waals surface area contributed by atoms with Crippen molar-refractivity contribution in [1.82, 2.24) is 0 Å². The summed E-state index contributed by atoms with van der Waals surface area (Å²) < 4.78 is 0. The monoisotopic (exact) mass is 396 g/mol. The number of nitrogens with one attached hydrogen (secondary N) is 1. The third-order valence-corrected chi connectivity index (χ3v) is 5.93. The molecule has 28 heavy (non-hydrogen) atoms. The fourth-order valence-corrected chi connectivity index (χ4v) is 4.27. The zero-order chi connectivity index (χ0) is 19.8. The number of hydrogen-bond donors (Lipinski definition) is 1. The van der Waals surface area contributed by atoms with Crippen LogP contribution in [0.15, 0.2) is 48.5 Å². The van der Waals surface area contributed by atoms with E-state index < -0.39 is 0 Å². The SMILES string of the molecule is C[C@@H]1CC[C@H]2C(=O)N(c3ccc(C(=O)Nc4ccc(Cl)cc4)cc3)C(=O)[C@H]2C1. The Morgan fingerprint density at radius 1 is 0.964 bits per heavy atom. The highest BCUT2D eigenvalue weighted by atomic mass is 35.5. The molecule has 5 nitrogen and oxygen atoms in total. The third-order valence-electron chi connectivity index (χ3n) is 5.68. The van der Waals surface area contributed by atoms with Crippen LogP contribution in [0.1, 0.15) is 36.5 Å². The van der Waals surface area contributed by atoms with E-state index in [1.165, 1.54) is 4.90 Å². The number of rotatable bonds is 3. The van der Waals surface area contributed by atoms with Crippen LogP contribution in [-0.4, -0.2) is 17.7 Å². The van der Waals surface area contributed by atoms with E-state index in [2.05, 4.69) is 12.2 Å². The molecule has 2 aromatic carbocycles. The van der Waals surface area contributed by atoms with Gasteiger partial charge in [-0.25, -0.2) is 0 Å². The standard InChI is InChI=1S/C22H21ClN2O3/c1-13-2-11-18-19(12-13)22(28)25(21(18)27)17-9-3-14(4-10-17)20(26)24-16-7-5-15(23)6-8-16/h3-10,13,18-19H,2,11-12H2,1H3,(H,24,26)/t13-,18-,19+/m1/s1. The number of amides is 3. The van der Waals surface area contributed by atoms with Gasteiger partial charge in [0.25, 0.3) is 5.91 Å². The molecular formula is C22H21ClN2O3. The molecule has 3 amide bonds. The summed E-state index contributed by atoms with van der Waals surface area (Å²) in [7, 11) is 0. The highest BCUT2D eigenvalue weighted by Crippen LogP contribution is 2.42. The largest absolute Gasteiger partial charge is 0.322 e. The van der Waals surface area contributed by atoms with Crippen LogP contribution in [-0.2, 0) is 9.59 Å².